The molecule has 1 amide bonds. The standard InChI is InChI=1S/C19H22N6O2S/c26-17(20-13-16-7-4-12-28-16)14-25-19(21-22-23-25)18(15-5-2-1-3-6-15)24-8-10-27-11-9-24/h1-7,12,18H,8-11,13-14H2,(H,20,26)/t18-/m1/s1. The molecule has 4 rings (SSSR count). The predicted molar refractivity (Wildman–Crippen MR) is 105 cm³/mol. The third-order valence-electron chi connectivity index (χ3n) is 4.66. The highest BCUT2D eigenvalue weighted by atomic mass is 32.1. The lowest BCUT2D eigenvalue weighted by atomic mass is 10.0. The number of rotatable bonds is 7. The van der Waals surface area contributed by atoms with Crippen molar-refractivity contribution >= 4 is 17.2 Å². The van der Waals surface area contributed by atoms with Gasteiger partial charge < -0.3 is 10.1 Å². The Balaban J connectivity index is 1.52. The minimum absolute atomic E-state index is 0.0847. The van der Waals surface area contributed by atoms with Crippen molar-refractivity contribution < 1.29 is 9.53 Å². The lowest BCUT2D eigenvalue weighted by molar-refractivity contribution is -0.122. The maximum absolute atomic E-state index is 12.4. The summed E-state index contributed by atoms with van der Waals surface area (Å²) in [5.41, 5.74) is 1.10. The summed E-state index contributed by atoms with van der Waals surface area (Å²) in [6, 6.07) is 14.0. The lowest BCUT2D eigenvalue weighted by Gasteiger charge is -2.33. The fraction of sp³-hybridized carbons (Fsp3) is 0.368. The van der Waals surface area contributed by atoms with Crippen LogP contribution in [-0.2, 0) is 22.6 Å². The van der Waals surface area contributed by atoms with Gasteiger partial charge in [0, 0.05) is 18.0 Å². The first-order chi connectivity index (χ1) is 13.8. The smallest absolute Gasteiger partial charge is 0.242 e. The summed E-state index contributed by atoms with van der Waals surface area (Å²) >= 11 is 1.62. The Morgan fingerprint density at radius 1 is 1.18 bits per heavy atom. The molecule has 0 radical (unpaired) electrons. The Bertz CT molecular complexity index is 877. The molecular formula is C19H22N6O2S. The summed E-state index contributed by atoms with van der Waals surface area (Å²) in [6.07, 6.45) is 0. The van der Waals surface area contributed by atoms with Crippen LogP contribution in [0.15, 0.2) is 47.8 Å². The van der Waals surface area contributed by atoms with Gasteiger partial charge in [-0.25, -0.2) is 4.68 Å². The van der Waals surface area contributed by atoms with E-state index in [0.29, 0.717) is 25.6 Å². The molecule has 1 aliphatic heterocycles. The largest absolute Gasteiger partial charge is 0.379 e. The van der Waals surface area contributed by atoms with Gasteiger partial charge in [-0.05, 0) is 27.4 Å². The van der Waals surface area contributed by atoms with Crippen molar-refractivity contribution in [3.05, 3.63) is 64.1 Å². The average molecular weight is 398 g/mol. The Morgan fingerprint density at radius 2 is 2.00 bits per heavy atom. The molecule has 28 heavy (non-hydrogen) atoms. The number of nitrogens with one attached hydrogen (secondary N) is 1. The van der Waals surface area contributed by atoms with Gasteiger partial charge >= 0.3 is 0 Å². The summed E-state index contributed by atoms with van der Waals surface area (Å²) in [5, 5.41) is 17.1. The number of carbonyl (C=O) groups is 1. The van der Waals surface area contributed by atoms with E-state index in [4.69, 9.17) is 4.74 Å². The van der Waals surface area contributed by atoms with Crippen LogP contribution in [0.5, 0.6) is 0 Å². The quantitative estimate of drug-likeness (QED) is 0.649. The summed E-state index contributed by atoms with van der Waals surface area (Å²) in [5.74, 6) is 0.551. The predicted octanol–water partition coefficient (Wildman–Crippen LogP) is 1.47. The van der Waals surface area contributed by atoms with Crippen molar-refractivity contribution in [1.82, 2.24) is 30.4 Å². The van der Waals surface area contributed by atoms with Crippen LogP contribution < -0.4 is 5.32 Å². The first-order valence-electron chi connectivity index (χ1n) is 9.23. The first kappa shape index (κ1) is 18.7. The highest BCUT2D eigenvalue weighted by Crippen LogP contribution is 2.27. The van der Waals surface area contributed by atoms with Gasteiger partial charge in [0.15, 0.2) is 5.82 Å². The van der Waals surface area contributed by atoms with Gasteiger partial charge in [0.1, 0.15) is 6.54 Å². The van der Waals surface area contributed by atoms with Gasteiger partial charge in [0.05, 0.1) is 25.8 Å². The highest BCUT2D eigenvalue weighted by molar-refractivity contribution is 7.09. The van der Waals surface area contributed by atoms with E-state index in [1.54, 1.807) is 16.0 Å². The maximum atomic E-state index is 12.4. The van der Waals surface area contributed by atoms with E-state index in [-0.39, 0.29) is 18.5 Å². The molecule has 0 bridgehead atoms. The molecule has 146 valence electrons. The van der Waals surface area contributed by atoms with Crippen LogP contribution in [0.25, 0.3) is 0 Å². The summed E-state index contributed by atoms with van der Waals surface area (Å²) in [7, 11) is 0. The van der Waals surface area contributed by atoms with Gasteiger partial charge in [0.2, 0.25) is 5.91 Å². The summed E-state index contributed by atoms with van der Waals surface area (Å²) in [4.78, 5) is 15.8. The Kier molecular flexibility index (Phi) is 6.05. The van der Waals surface area contributed by atoms with E-state index in [1.165, 1.54) is 0 Å². The topological polar surface area (TPSA) is 85.2 Å². The van der Waals surface area contributed by atoms with Gasteiger partial charge in [0.25, 0.3) is 0 Å². The molecule has 0 spiro atoms. The molecule has 0 unspecified atom stereocenters. The molecule has 0 aliphatic carbocycles. The van der Waals surface area contributed by atoms with Crippen molar-refractivity contribution in [1.29, 1.82) is 0 Å². The number of amides is 1. The molecule has 8 nitrogen and oxygen atoms in total. The van der Waals surface area contributed by atoms with Crippen LogP contribution in [0.1, 0.15) is 22.3 Å². The zero-order valence-corrected chi connectivity index (χ0v) is 16.2. The molecule has 3 heterocycles. The number of carbonyl (C=O) groups excluding carboxylic acids is 1. The van der Waals surface area contributed by atoms with Gasteiger partial charge in [-0.3, -0.25) is 9.69 Å². The molecule has 1 saturated heterocycles. The second-order valence-corrected chi connectivity index (χ2v) is 7.54. The minimum atomic E-state index is -0.120. The number of hydrogen-bond donors (Lipinski definition) is 1. The molecule has 9 heteroatoms. The molecular weight excluding hydrogens is 376 g/mol. The Hall–Kier alpha value is -2.62. The molecule has 3 aromatic rings. The van der Waals surface area contributed by atoms with Crippen molar-refractivity contribution in [3.8, 4) is 0 Å². The monoisotopic (exact) mass is 398 g/mol. The van der Waals surface area contributed by atoms with Crippen molar-refractivity contribution in [2.45, 2.75) is 19.1 Å². The molecule has 0 saturated carbocycles. The van der Waals surface area contributed by atoms with Crippen LogP contribution in [-0.4, -0.2) is 57.3 Å². The van der Waals surface area contributed by atoms with Crippen LogP contribution in [0.2, 0.25) is 0 Å². The zero-order chi connectivity index (χ0) is 19.2. The molecule has 2 aromatic heterocycles. The number of benzene rings is 1. The van der Waals surface area contributed by atoms with Crippen LogP contribution >= 0.6 is 11.3 Å². The fourth-order valence-corrected chi connectivity index (χ4v) is 3.95. The molecule has 1 N–H and O–H groups in total. The van der Waals surface area contributed by atoms with Crippen LogP contribution in [0.4, 0.5) is 0 Å². The minimum Gasteiger partial charge on any atom is -0.379 e. The second kappa shape index (κ2) is 9.05. The molecule has 1 fully saturated rings. The molecule has 1 aromatic carbocycles. The van der Waals surface area contributed by atoms with Crippen molar-refractivity contribution in [2.75, 3.05) is 26.3 Å². The van der Waals surface area contributed by atoms with E-state index >= 15 is 0 Å². The third kappa shape index (κ3) is 4.44. The summed E-state index contributed by atoms with van der Waals surface area (Å²) < 4.78 is 7.10. The van der Waals surface area contributed by atoms with Crippen molar-refractivity contribution in [3.63, 3.8) is 0 Å². The molecule has 1 atom stereocenters. The molecule has 1 aliphatic rings. The number of nitrogens with zero attached hydrogens (tertiary/aromatic N) is 5. The number of tetrazole rings is 1. The number of ether oxygens (including phenoxy) is 1. The fourth-order valence-electron chi connectivity index (χ4n) is 3.30. The second-order valence-electron chi connectivity index (χ2n) is 6.51. The van der Waals surface area contributed by atoms with E-state index < -0.39 is 0 Å². The van der Waals surface area contributed by atoms with E-state index in [0.717, 1.165) is 23.5 Å². The third-order valence-corrected chi connectivity index (χ3v) is 5.54. The van der Waals surface area contributed by atoms with Gasteiger partial charge in [-0.2, -0.15) is 0 Å². The number of thiophene rings is 1. The van der Waals surface area contributed by atoms with Crippen molar-refractivity contribution in [2.24, 2.45) is 0 Å². The van der Waals surface area contributed by atoms with Crippen LogP contribution in [0, 0.1) is 0 Å². The van der Waals surface area contributed by atoms with Crippen LogP contribution in [0.3, 0.4) is 0 Å². The van der Waals surface area contributed by atoms with Gasteiger partial charge in [-0.15, -0.1) is 16.4 Å². The van der Waals surface area contributed by atoms with E-state index in [9.17, 15) is 4.79 Å². The van der Waals surface area contributed by atoms with E-state index in [1.807, 2.05) is 35.7 Å². The summed E-state index contributed by atoms with van der Waals surface area (Å²) in [6.45, 7) is 3.52. The van der Waals surface area contributed by atoms with Gasteiger partial charge in [-0.1, -0.05) is 36.4 Å². The van der Waals surface area contributed by atoms with E-state index in [2.05, 4.69) is 37.9 Å². The number of hydrogen-bond acceptors (Lipinski definition) is 7. The Morgan fingerprint density at radius 3 is 2.75 bits per heavy atom. The number of aromatic nitrogens is 4. The SMILES string of the molecule is O=C(Cn1nnnc1[C@@H](c1ccccc1)N1CCOCC1)NCc1cccs1. The number of morpholine rings is 1. The average Bonchev–Trinajstić information content (AvgIpc) is 3.41. The lowest BCUT2D eigenvalue weighted by Crippen LogP contribution is -2.41. The highest BCUT2D eigenvalue weighted by Gasteiger charge is 2.29. The normalized spacial score (nSPS) is 16.0. The first-order valence-corrected chi connectivity index (χ1v) is 10.1. The maximum Gasteiger partial charge on any atom is 0.242 e. The zero-order valence-electron chi connectivity index (χ0n) is 15.4. The Labute approximate surface area is 167 Å².